The molecule has 0 atom stereocenters. The Balaban J connectivity index is 1.95. The van der Waals surface area contributed by atoms with Crippen molar-refractivity contribution >= 4 is 6.34 Å². The largest absolute Gasteiger partial charge is 0.358 e. The van der Waals surface area contributed by atoms with Gasteiger partial charge in [0.25, 0.3) is 0 Å². The third-order valence-electron chi connectivity index (χ3n) is 1.73. The molecule has 1 heterocycles. The highest BCUT2D eigenvalue weighted by molar-refractivity contribution is 5.58. The van der Waals surface area contributed by atoms with Crippen molar-refractivity contribution in [1.29, 1.82) is 0 Å². The summed E-state index contributed by atoms with van der Waals surface area (Å²) in [4.78, 5) is 6.47. The average Bonchev–Trinajstić information content (AvgIpc) is 2.49. The Kier molecular flexibility index (Phi) is 0.802. The van der Waals surface area contributed by atoms with Crippen LogP contribution in [0.15, 0.2) is 4.99 Å². The Hall–Kier alpha value is -0.530. The molecule has 2 aliphatic rings. The standard InChI is InChI=1S/C6H10N2/c1-2-6(1)8-4-3-7-5-8/h5-6H,1-4H2. The molecular weight excluding hydrogens is 100 g/mol. The van der Waals surface area contributed by atoms with Gasteiger partial charge in [0.15, 0.2) is 0 Å². The van der Waals surface area contributed by atoms with Crippen LogP contribution in [0.4, 0.5) is 0 Å². The second-order valence-corrected chi connectivity index (χ2v) is 2.49. The molecule has 0 aromatic rings. The van der Waals surface area contributed by atoms with Crippen LogP contribution in [0.2, 0.25) is 0 Å². The molecule has 2 nitrogen and oxygen atoms in total. The van der Waals surface area contributed by atoms with E-state index in [1.165, 1.54) is 19.4 Å². The number of aliphatic imine (C=N–C) groups is 1. The van der Waals surface area contributed by atoms with Gasteiger partial charge in [-0.1, -0.05) is 0 Å². The molecule has 1 aliphatic carbocycles. The predicted molar refractivity (Wildman–Crippen MR) is 33.1 cm³/mol. The molecule has 0 bridgehead atoms. The minimum Gasteiger partial charge on any atom is -0.358 e. The SMILES string of the molecule is C1=NCCN1C1CC1. The van der Waals surface area contributed by atoms with E-state index < -0.39 is 0 Å². The summed E-state index contributed by atoms with van der Waals surface area (Å²) in [5, 5.41) is 0. The van der Waals surface area contributed by atoms with Gasteiger partial charge in [-0.15, -0.1) is 0 Å². The first-order valence-electron chi connectivity index (χ1n) is 3.22. The van der Waals surface area contributed by atoms with E-state index in [4.69, 9.17) is 0 Å². The Labute approximate surface area is 49.2 Å². The van der Waals surface area contributed by atoms with E-state index >= 15 is 0 Å². The molecule has 0 saturated heterocycles. The minimum atomic E-state index is 0.876. The number of hydrogen-bond acceptors (Lipinski definition) is 2. The molecule has 44 valence electrons. The second kappa shape index (κ2) is 1.47. The predicted octanol–water partition coefficient (Wildman–Crippen LogP) is 0.493. The third kappa shape index (κ3) is 0.602. The van der Waals surface area contributed by atoms with E-state index in [-0.39, 0.29) is 0 Å². The first-order valence-corrected chi connectivity index (χ1v) is 3.22. The fourth-order valence-electron chi connectivity index (χ4n) is 1.08. The highest BCUT2D eigenvalue weighted by atomic mass is 15.2. The van der Waals surface area contributed by atoms with Crippen molar-refractivity contribution in [2.45, 2.75) is 18.9 Å². The molecule has 2 rings (SSSR count). The van der Waals surface area contributed by atoms with Crippen LogP contribution in [0.3, 0.4) is 0 Å². The highest BCUT2D eigenvalue weighted by Crippen LogP contribution is 2.26. The van der Waals surface area contributed by atoms with Crippen molar-refractivity contribution in [3.8, 4) is 0 Å². The van der Waals surface area contributed by atoms with Crippen LogP contribution < -0.4 is 0 Å². The van der Waals surface area contributed by atoms with Crippen LogP contribution in [0.5, 0.6) is 0 Å². The van der Waals surface area contributed by atoms with Gasteiger partial charge in [-0.25, -0.2) is 0 Å². The molecule has 1 saturated carbocycles. The van der Waals surface area contributed by atoms with Crippen LogP contribution in [-0.2, 0) is 0 Å². The van der Waals surface area contributed by atoms with Crippen LogP contribution in [-0.4, -0.2) is 30.4 Å². The van der Waals surface area contributed by atoms with Crippen LogP contribution in [0.25, 0.3) is 0 Å². The van der Waals surface area contributed by atoms with Gasteiger partial charge in [0.2, 0.25) is 0 Å². The average molecular weight is 110 g/mol. The minimum absolute atomic E-state index is 0.876. The van der Waals surface area contributed by atoms with Gasteiger partial charge >= 0.3 is 0 Å². The lowest BCUT2D eigenvalue weighted by atomic mass is 10.5. The van der Waals surface area contributed by atoms with Gasteiger partial charge in [-0.2, -0.15) is 0 Å². The fourth-order valence-corrected chi connectivity index (χ4v) is 1.08. The lowest BCUT2D eigenvalue weighted by Gasteiger charge is -2.10. The van der Waals surface area contributed by atoms with Gasteiger partial charge in [0.1, 0.15) is 0 Å². The number of rotatable bonds is 1. The maximum absolute atomic E-state index is 4.13. The first-order chi connectivity index (χ1) is 3.97. The molecule has 1 aliphatic heterocycles. The second-order valence-electron chi connectivity index (χ2n) is 2.49. The van der Waals surface area contributed by atoms with Gasteiger partial charge in [-0.05, 0) is 12.8 Å². The number of hydrogen-bond donors (Lipinski definition) is 0. The molecule has 0 aromatic heterocycles. The Morgan fingerprint density at radius 1 is 1.50 bits per heavy atom. The van der Waals surface area contributed by atoms with E-state index in [1.54, 1.807) is 0 Å². The van der Waals surface area contributed by atoms with Crippen LogP contribution >= 0.6 is 0 Å². The lowest BCUT2D eigenvalue weighted by molar-refractivity contribution is 0.459. The Morgan fingerprint density at radius 3 is 2.88 bits per heavy atom. The van der Waals surface area contributed by atoms with E-state index in [0.29, 0.717) is 0 Å². The van der Waals surface area contributed by atoms with Crippen LogP contribution in [0.1, 0.15) is 12.8 Å². The summed E-state index contributed by atoms with van der Waals surface area (Å²) < 4.78 is 0. The normalized spacial score (nSPS) is 27.2. The monoisotopic (exact) mass is 110 g/mol. The van der Waals surface area contributed by atoms with Crippen LogP contribution in [0, 0.1) is 0 Å². The summed E-state index contributed by atoms with van der Waals surface area (Å²) in [6.45, 7) is 2.20. The van der Waals surface area contributed by atoms with Crippen molar-refractivity contribution < 1.29 is 0 Å². The Morgan fingerprint density at radius 2 is 2.38 bits per heavy atom. The van der Waals surface area contributed by atoms with E-state index in [1.807, 2.05) is 6.34 Å². The molecule has 1 fully saturated rings. The van der Waals surface area contributed by atoms with Crippen molar-refractivity contribution in [1.82, 2.24) is 4.90 Å². The first kappa shape index (κ1) is 4.36. The number of nitrogens with zero attached hydrogens (tertiary/aromatic N) is 2. The van der Waals surface area contributed by atoms with E-state index in [0.717, 1.165) is 12.6 Å². The molecule has 8 heavy (non-hydrogen) atoms. The van der Waals surface area contributed by atoms with E-state index in [2.05, 4.69) is 9.89 Å². The summed E-state index contributed by atoms with van der Waals surface area (Å²) in [6.07, 6.45) is 4.79. The summed E-state index contributed by atoms with van der Waals surface area (Å²) in [6, 6.07) is 0.876. The summed E-state index contributed by atoms with van der Waals surface area (Å²) in [5.41, 5.74) is 0. The molecule has 0 radical (unpaired) electrons. The van der Waals surface area contributed by atoms with Gasteiger partial charge in [-0.3, -0.25) is 4.99 Å². The Bertz CT molecular complexity index is 116. The quantitative estimate of drug-likeness (QED) is 0.479. The zero-order valence-electron chi connectivity index (χ0n) is 4.88. The molecule has 2 heteroatoms. The molecule has 0 N–H and O–H groups in total. The summed E-state index contributed by atoms with van der Waals surface area (Å²) in [5.74, 6) is 0. The smallest absolute Gasteiger partial charge is 0.0853 e. The fraction of sp³-hybridized carbons (Fsp3) is 0.833. The van der Waals surface area contributed by atoms with Crippen molar-refractivity contribution in [3.63, 3.8) is 0 Å². The summed E-state index contributed by atoms with van der Waals surface area (Å²) in [7, 11) is 0. The molecular formula is C6H10N2. The molecule has 0 amide bonds. The maximum Gasteiger partial charge on any atom is 0.0853 e. The van der Waals surface area contributed by atoms with Gasteiger partial charge in [0.05, 0.1) is 12.9 Å². The molecule has 0 unspecified atom stereocenters. The van der Waals surface area contributed by atoms with Crippen molar-refractivity contribution in [2.75, 3.05) is 13.1 Å². The molecule has 0 aromatic carbocycles. The molecule has 0 spiro atoms. The lowest BCUT2D eigenvalue weighted by Crippen LogP contribution is -2.21. The maximum atomic E-state index is 4.13. The zero-order valence-corrected chi connectivity index (χ0v) is 4.88. The highest BCUT2D eigenvalue weighted by Gasteiger charge is 2.27. The van der Waals surface area contributed by atoms with Gasteiger partial charge in [0, 0.05) is 12.6 Å². The van der Waals surface area contributed by atoms with Gasteiger partial charge < -0.3 is 4.90 Å². The zero-order chi connectivity index (χ0) is 5.40. The van der Waals surface area contributed by atoms with Crippen molar-refractivity contribution in [2.24, 2.45) is 4.99 Å². The summed E-state index contributed by atoms with van der Waals surface area (Å²) >= 11 is 0. The van der Waals surface area contributed by atoms with E-state index in [9.17, 15) is 0 Å². The van der Waals surface area contributed by atoms with Crippen molar-refractivity contribution in [3.05, 3.63) is 0 Å². The topological polar surface area (TPSA) is 15.6 Å². The third-order valence-corrected chi connectivity index (χ3v) is 1.73.